The van der Waals surface area contributed by atoms with Gasteiger partial charge in [0, 0.05) is 18.3 Å². The summed E-state index contributed by atoms with van der Waals surface area (Å²) in [5.74, 6) is -2.74. The number of carbonyl (C=O) groups excluding carboxylic acids is 3. The third kappa shape index (κ3) is 4.77. The summed E-state index contributed by atoms with van der Waals surface area (Å²) in [5.41, 5.74) is 0.422. The fourth-order valence-corrected chi connectivity index (χ4v) is 2.18. The predicted molar refractivity (Wildman–Crippen MR) is 90.2 cm³/mol. The number of ether oxygens (including phenoxy) is 1. The lowest BCUT2D eigenvalue weighted by atomic mass is 10.2. The first kappa shape index (κ1) is 18.4. The Bertz CT molecular complexity index is 789. The van der Waals surface area contributed by atoms with Gasteiger partial charge in [0.1, 0.15) is 11.4 Å². The van der Waals surface area contributed by atoms with E-state index in [-0.39, 0.29) is 10.9 Å². The van der Waals surface area contributed by atoms with E-state index >= 15 is 0 Å². The molecule has 0 heterocycles. The predicted octanol–water partition coefficient (Wildman–Crippen LogP) is 2.63. The summed E-state index contributed by atoms with van der Waals surface area (Å²) in [6.07, 6.45) is 0. The minimum absolute atomic E-state index is 0.102. The van der Waals surface area contributed by atoms with Crippen LogP contribution in [0.15, 0.2) is 42.5 Å². The Balaban J connectivity index is 1.92. The monoisotopic (exact) mass is 364 g/mol. The quantitative estimate of drug-likeness (QED) is 0.799. The number of benzene rings is 2. The topological polar surface area (TPSA) is 84.5 Å². The first-order chi connectivity index (χ1) is 11.9. The van der Waals surface area contributed by atoms with Gasteiger partial charge in [-0.05, 0) is 36.4 Å². The van der Waals surface area contributed by atoms with Crippen molar-refractivity contribution >= 4 is 35.1 Å². The molecular formula is C17H14ClFN2O4. The zero-order chi connectivity index (χ0) is 18.4. The Kier molecular flexibility index (Phi) is 6.08. The van der Waals surface area contributed by atoms with Gasteiger partial charge in [0.25, 0.3) is 11.8 Å². The van der Waals surface area contributed by atoms with Gasteiger partial charge >= 0.3 is 5.97 Å². The van der Waals surface area contributed by atoms with Crippen molar-refractivity contribution in [2.45, 2.75) is 0 Å². The summed E-state index contributed by atoms with van der Waals surface area (Å²) < 4.78 is 18.3. The maximum absolute atomic E-state index is 13.6. The van der Waals surface area contributed by atoms with Crippen molar-refractivity contribution in [3.05, 3.63) is 64.4 Å². The molecule has 0 aliphatic heterocycles. The largest absolute Gasteiger partial charge is 0.452 e. The Morgan fingerprint density at radius 3 is 2.40 bits per heavy atom. The molecule has 0 spiro atoms. The average molecular weight is 365 g/mol. The van der Waals surface area contributed by atoms with E-state index in [1.54, 1.807) is 0 Å². The molecule has 0 fully saturated rings. The fraction of sp³-hybridized carbons (Fsp3) is 0.118. The summed E-state index contributed by atoms with van der Waals surface area (Å²) in [5, 5.41) is 4.86. The van der Waals surface area contributed by atoms with Crippen molar-refractivity contribution in [3.8, 4) is 0 Å². The smallest absolute Gasteiger partial charge is 0.343 e. The number of halogens is 2. The third-order valence-corrected chi connectivity index (χ3v) is 3.47. The van der Waals surface area contributed by atoms with Gasteiger partial charge < -0.3 is 15.4 Å². The van der Waals surface area contributed by atoms with Gasteiger partial charge in [0.15, 0.2) is 6.61 Å². The van der Waals surface area contributed by atoms with E-state index in [0.29, 0.717) is 11.3 Å². The highest BCUT2D eigenvalue weighted by atomic mass is 35.5. The summed E-state index contributed by atoms with van der Waals surface area (Å²) >= 11 is 5.75. The number of amides is 2. The number of hydrogen-bond donors (Lipinski definition) is 2. The van der Waals surface area contributed by atoms with E-state index in [1.807, 2.05) is 0 Å². The third-order valence-electron chi connectivity index (χ3n) is 3.16. The van der Waals surface area contributed by atoms with Crippen LogP contribution in [-0.2, 0) is 9.53 Å². The molecule has 0 aromatic heterocycles. The van der Waals surface area contributed by atoms with Crippen LogP contribution >= 0.6 is 11.6 Å². The van der Waals surface area contributed by atoms with Crippen LogP contribution in [-0.4, -0.2) is 31.4 Å². The zero-order valence-electron chi connectivity index (χ0n) is 13.1. The van der Waals surface area contributed by atoms with Gasteiger partial charge in [-0.15, -0.1) is 0 Å². The molecule has 2 N–H and O–H groups in total. The lowest BCUT2D eigenvalue weighted by molar-refractivity contribution is -0.119. The highest BCUT2D eigenvalue weighted by Gasteiger charge is 2.18. The number of rotatable bonds is 5. The molecule has 0 aliphatic carbocycles. The van der Waals surface area contributed by atoms with E-state index in [9.17, 15) is 18.8 Å². The molecule has 0 saturated heterocycles. The van der Waals surface area contributed by atoms with Crippen LogP contribution < -0.4 is 10.6 Å². The van der Waals surface area contributed by atoms with Gasteiger partial charge in [-0.25, -0.2) is 9.18 Å². The molecule has 0 atom stereocenters. The van der Waals surface area contributed by atoms with Crippen LogP contribution in [0.4, 0.5) is 10.1 Å². The molecular weight excluding hydrogens is 351 g/mol. The Morgan fingerprint density at radius 1 is 1.12 bits per heavy atom. The van der Waals surface area contributed by atoms with E-state index in [0.717, 1.165) is 6.07 Å². The van der Waals surface area contributed by atoms with Crippen molar-refractivity contribution in [1.29, 1.82) is 0 Å². The molecule has 2 amide bonds. The lowest BCUT2D eigenvalue weighted by Gasteiger charge is -2.08. The molecule has 2 aromatic rings. The van der Waals surface area contributed by atoms with Crippen LogP contribution in [0, 0.1) is 5.82 Å². The van der Waals surface area contributed by atoms with Crippen molar-refractivity contribution in [2.75, 3.05) is 19.0 Å². The number of nitrogens with one attached hydrogen (secondary N) is 2. The molecule has 0 bridgehead atoms. The number of anilines is 1. The second-order valence-corrected chi connectivity index (χ2v) is 5.28. The minimum Gasteiger partial charge on any atom is -0.452 e. The number of esters is 1. The maximum Gasteiger partial charge on any atom is 0.343 e. The van der Waals surface area contributed by atoms with Crippen LogP contribution in [0.5, 0.6) is 0 Å². The molecule has 8 heteroatoms. The molecule has 2 rings (SSSR count). The first-order valence-electron chi connectivity index (χ1n) is 7.15. The Morgan fingerprint density at radius 2 is 1.80 bits per heavy atom. The molecule has 0 saturated carbocycles. The van der Waals surface area contributed by atoms with E-state index in [1.165, 1.54) is 43.4 Å². The number of carbonyl (C=O) groups is 3. The Labute approximate surface area is 147 Å². The maximum atomic E-state index is 13.6. The van der Waals surface area contributed by atoms with Crippen LogP contribution in [0.3, 0.4) is 0 Å². The fourth-order valence-electron chi connectivity index (χ4n) is 1.94. The zero-order valence-corrected chi connectivity index (χ0v) is 13.9. The molecule has 0 aliphatic rings. The van der Waals surface area contributed by atoms with E-state index < -0.39 is 29.9 Å². The molecule has 0 unspecified atom stereocenters. The first-order valence-corrected chi connectivity index (χ1v) is 7.53. The summed E-state index contributed by atoms with van der Waals surface area (Å²) in [6, 6.07) is 9.87. The second-order valence-electron chi connectivity index (χ2n) is 4.88. The van der Waals surface area contributed by atoms with Gasteiger partial charge in [0.05, 0.1) is 5.02 Å². The van der Waals surface area contributed by atoms with Crippen LogP contribution in [0.2, 0.25) is 5.02 Å². The lowest BCUT2D eigenvalue weighted by Crippen LogP contribution is -2.22. The molecule has 0 radical (unpaired) electrons. The van der Waals surface area contributed by atoms with Crippen molar-refractivity contribution < 1.29 is 23.5 Å². The molecule has 130 valence electrons. The summed E-state index contributed by atoms with van der Waals surface area (Å²) in [7, 11) is 1.51. The summed E-state index contributed by atoms with van der Waals surface area (Å²) in [6.45, 7) is -0.610. The molecule has 25 heavy (non-hydrogen) atoms. The normalized spacial score (nSPS) is 10.0. The van der Waals surface area contributed by atoms with E-state index in [2.05, 4.69) is 10.6 Å². The molecule has 2 aromatic carbocycles. The highest BCUT2D eigenvalue weighted by molar-refractivity contribution is 6.33. The van der Waals surface area contributed by atoms with Crippen molar-refractivity contribution in [1.82, 2.24) is 5.32 Å². The van der Waals surface area contributed by atoms with Crippen molar-refractivity contribution in [3.63, 3.8) is 0 Å². The average Bonchev–Trinajstić information content (AvgIpc) is 2.60. The van der Waals surface area contributed by atoms with Gasteiger partial charge in [-0.3, -0.25) is 9.59 Å². The molecule has 6 nitrogen and oxygen atoms in total. The van der Waals surface area contributed by atoms with Crippen LogP contribution in [0.1, 0.15) is 20.7 Å². The standard InChI is InChI=1S/C17H14ClFN2O4/c1-20-16(23)10-5-7-11(8-6-10)21-14(22)9-25-17(24)15-12(18)3-2-4-13(15)19/h2-8H,9H2,1H3,(H,20,23)(H,21,22). The second kappa shape index (κ2) is 8.25. The number of hydrogen-bond acceptors (Lipinski definition) is 4. The van der Waals surface area contributed by atoms with Gasteiger partial charge in [-0.2, -0.15) is 0 Å². The van der Waals surface area contributed by atoms with E-state index in [4.69, 9.17) is 16.3 Å². The SMILES string of the molecule is CNC(=O)c1ccc(NC(=O)COC(=O)c2c(F)cccc2Cl)cc1. The Hall–Kier alpha value is -2.93. The van der Waals surface area contributed by atoms with Crippen LogP contribution in [0.25, 0.3) is 0 Å². The van der Waals surface area contributed by atoms with Gasteiger partial charge in [0.2, 0.25) is 0 Å². The minimum atomic E-state index is -1.03. The van der Waals surface area contributed by atoms with Crippen molar-refractivity contribution in [2.24, 2.45) is 0 Å². The summed E-state index contributed by atoms with van der Waals surface area (Å²) in [4.78, 5) is 35.0. The highest BCUT2D eigenvalue weighted by Crippen LogP contribution is 2.19. The van der Waals surface area contributed by atoms with Gasteiger partial charge in [-0.1, -0.05) is 17.7 Å².